The van der Waals surface area contributed by atoms with Gasteiger partial charge in [0.25, 0.3) is 0 Å². The summed E-state index contributed by atoms with van der Waals surface area (Å²) in [5, 5.41) is 0. The number of piperidine rings is 1. The quantitative estimate of drug-likeness (QED) is 0.607. The number of amides is 2. The summed E-state index contributed by atoms with van der Waals surface area (Å²) in [5.74, 6) is 2.47. The number of likely N-dealkylation sites (tertiary alicyclic amines) is 1. The van der Waals surface area contributed by atoms with Crippen molar-refractivity contribution in [2.45, 2.75) is 46.2 Å². The third kappa shape index (κ3) is 3.87. The van der Waals surface area contributed by atoms with Crippen LogP contribution >= 0.6 is 0 Å². The zero-order chi connectivity index (χ0) is 21.5. The number of imidazole rings is 1. The van der Waals surface area contributed by atoms with Crippen molar-refractivity contribution < 1.29 is 9.53 Å². The number of ether oxygens (including phenoxy) is 1. The molecule has 3 aromatic rings. The number of nitrogens with zero attached hydrogens (tertiary/aromatic N) is 3. The van der Waals surface area contributed by atoms with Crippen molar-refractivity contribution in [3.05, 3.63) is 47.8 Å². The van der Waals surface area contributed by atoms with Crippen LogP contribution in [-0.2, 0) is 6.54 Å². The molecule has 2 amide bonds. The summed E-state index contributed by atoms with van der Waals surface area (Å²) in [5.41, 5.74) is 5.31. The fraction of sp³-hybridized carbons (Fsp3) is 0.440. The largest absolute Gasteiger partial charge is 0.491 e. The second-order valence-corrected chi connectivity index (χ2v) is 9.10. The molecule has 2 aliphatic heterocycles. The molecule has 2 unspecified atom stereocenters. The molecule has 0 bridgehead atoms. The molecule has 1 N–H and O–H groups in total. The van der Waals surface area contributed by atoms with Crippen molar-refractivity contribution in [3.8, 4) is 16.9 Å². The average molecular weight is 419 g/mol. The molecule has 0 aliphatic carbocycles. The molecule has 0 spiro atoms. The molecule has 2 aliphatic rings. The number of benzene rings is 2. The van der Waals surface area contributed by atoms with E-state index >= 15 is 0 Å². The maximum Gasteiger partial charge on any atom is 0.320 e. The fourth-order valence-corrected chi connectivity index (χ4v) is 4.93. The number of carbonyl (C=O) groups excluding carboxylic acids is 1. The number of fused-ring (bicyclic) bond motifs is 2. The number of carbonyl (C=O) groups is 1. The Morgan fingerprint density at radius 3 is 2.77 bits per heavy atom. The molecule has 0 radical (unpaired) electrons. The lowest BCUT2D eigenvalue weighted by Gasteiger charge is -2.39. The Labute approximate surface area is 183 Å². The Hall–Kier alpha value is -3.02. The van der Waals surface area contributed by atoms with E-state index in [0.717, 1.165) is 58.7 Å². The van der Waals surface area contributed by atoms with E-state index in [1.807, 2.05) is 28.9 Å². The van der Waals surface area contributed by atoms with Crippen molar-refractivity contribution in [2.75, 3.05) is 19.7 Å². The van der Waals surface area contributed by atoms with Crippen LogP contribution in [0.3, 0.4) is 0 Å². The second-order valence-electron chi connectivity index (χ2n) is 9.10. The number of aryl methyl sites for hydroxylation is 1. The predicted octanol–water partition coefficient (Wildman–Crippen LogP) is 4.97. The van der Waals surface area contributed by atoms with E-state index < -0.39 is 0 Å². The van der Waals surface area contributed by atoms with Gasteiger partial charge < -0.3 is 19.5 Å². The Balaban J connectivity index is 1.41. The molecule has 0 saturated carbocycles. The Morgan fingerprint density at radius 2 is 1.94 bits per heavy atom. The first-order valence-electron chi connectivity index (χ1n) is 11.3. The van der Waals surface area contributed by atoms with Gasteiger partial charge in [-0.3, -0.25) is 0 Å². The van der Waals surface area contributed by atoms with Crippen LogP contribution < -0.4 is 4.74 Å². The third-order valence-corrected chi connectivity index (χ3v) is 6.63. The van der Waals surface area contributed by atoms with Crippen LogP contribution in [0.2, 0.25) is 0 Å². The van der Waals surface area contributed by atoms with Crippen LogP contribution in [0.1, 0.15) is 38.1 Å². The molecule has 1 fully saturated rings. The predicted molar refractivity (Wildman–Crippen MR) is 122 cm³/mol. The van der Waals surface area contributed by atoms with Crippen molar-refractivity contribution in [2.24, 2.45) is 5.92 Å². The van der Waals surface area contributed by atoms with Crippen LogP contribution in [0.15, 0.2) is 36.4 Å². The number of urea groups is 1. The Morgan fingerprint density at radius 1 is 1.13 bits per heavy atom. The lowest BCUT2D eigenvalue weighted by molar-refractivity contribution is 0.103. The number of hydrogen-bond donors (Lipinski definition) is 1. The SMILES string of the molecule is Cc1nc2ccc(-c3ccc4c(c3)CN(C(=O)N3CCC(C)CC3C)CCO4)cc2[nH]1. The van der Waals surface area contributed by atoms with Crippen molar-refractivity contribution >= 4 is 17.1 Å². The molecule has 6 heteroatoms. The standard InChI is InChI=1S/C25H30N4O2/c1-16-8-9-29(17(2)12-16)25(30)28-10-11-31-24-7-5-19(13-21(24)15-28)20-4-6-22-23(14-20)27-18(3)26-22/h4-7,13-14,16-17H,8-12,15H2,1-3H3,(H,26,27). The zero-order valence-corrected chi connectivity index (χ0v) is 18.5. The van der Waals surface area contributed by atoms with Gasteiger partial charge in [-0.1, -0.05) is 19.1 Å². The van der Waals surface area contributed by atoms with Gasteiger partial charge in [-0.15, -0.1) is 0 Å². The topological polar surface area (TPSA) is 61.5 Å². The average Bonchev–Trinajstić information content (AvgIpc) is 2.98. The zero-order valence-electron chi connectivity index (χ0n) is 18.5. The normalized spacial score (nSPS) is 21.5. The van der Waals surface area contributed by atoms with Gasteiger partial charge in [0.2, 0.25) is 0 Å². The van der Waals surface area contributed by atoms with Gasteiger partial charge in [0.15, 0.2) is 0 Å². The summed E-state index contributed by atoms with van der Waals surface area (Å²) in [6.07, 6.45) is 2.16. The highest BCUT2D eigenvalue weighted by Crippen LogP contribution is 2.31. The van der Waals surface area contributed by atoms with E-state index in [9.17, 15) is 4.79 Å². The third-order valence-electron chi connectivity index (χ3n) is 6.63. The maximum absolute atomic E-state index is 13.3. The molecule has 1 aromatic heterocycles. The minimum absolute atomic E-state index is 0.135. The Kier molecular flexibility index (Phi) is 5.08. The van der Waals surface area contributed by atoms with Crippen LogP contribution in [0.4, 0.5) is 4.79 Å². The highest BCUT2D eigenvalue weighted by molar-refractivity contribution is 5.82. The Bertz CT molecular complexity index is 1120. The van der Waals surface area contributed by atoms with E-state index in [2.05, 4.69) is 48.1 Å². The number of aromatic amines is 1. The first-order valence-corrected chi connectivity index (χ1v) is 11.3. The molecule has 31 heavy (non-hydrogen) atoms. The molecule has 6 nitrogen and oxygen atoms in total. The number of aromatic nitrogens is 2. The van der Waals surface area contributed by atoms with Gasteiger partial charge in [-0.2, -0.15) is 0 Å². The first-order chi connectivity index (χ1) is 15.0. The van der Waals surface area contributed by atoms with E-state index in [0.29, 0.717) is 25.6 Å². The molecule has 1 saturated heterocycles. The molecule has 2 aromatic carbocycles. The summed E-state index contributed by atoms with van der Waals surface area (Å²) in [4.78, 5) is 25.1. The number of nitrogens with one attached hydrogen (secondary N) is 1. The van der Waals surface area contributed by atoms with E-state index in [1.165, 1.54) is 0 Å². The molecule has 162 valence electrons. The van der Waals surface area contributed by atoms with Gasteiger partial charge in [0, 0.05) is 18.2 Å². The van der Waals surface area contributed by atoms with Crippen molar-refractivity contribution in [3.63, 3.8) is 0 Å². The highest BCUT2D eigenvalue weighted by atomic mass is 16.5. The van der Waals surface area contributed by atoms with Crippen molar-refractivity contribution in [1.82, 2.24) is 19.8 Å². The number of rotatable bonds is 1. The maximum atomic E-state index is 13.3. The minimum atomic E-state index is 0.135. The van der Waals surface area contributed by atoms with Crippen LogP contribution in [0.5, 0.6) is 5.75 Å². The number of hydrogen-bond acceptors (Lipinski definition) is 3. The molecular formula is C25H30N4O2. The summed E-state index contributed by atoms with van der Waals surface area (Å²) in [6, 6.07) is 13.0. The summed E-state index contributed by atoms with van der Waals surface area (Å²) < 4.78 is 6.00. The van der Waals surface area contributed by atoms with E-state index in [1.54, 1.807) is 0 Å². The lowest BCUT2D eigenvalue weighted by Crippen LogP contribution is -2.50. The second kappa shape index (κ2) is 7.91. The van der Waals surface area contributed by atoms with Crippen LogP contribution in [-0.4, -0.2) is 51.5 Å². The van der Waals surface area contributed by atoms with Gasteiger partial charge in [-0.05, 0) is 68.0 Å². The molecule has 5 rings (SSSR count). The fourth-order valence-electron chi connectivity index (χ4n) is 4.93. The molecule has 3 heterocycles. The summed E-state index contributed by atoms with van der Waals surface area (Å²) in [7, 11) is 0. The van der Waals surface area contributed by atoms with Crippen molar-refractivity contribution in [1.29, 1.82) is 0 Å². The monoisotopic (exact) mass is 418 g/mol. The van der Waals surface area contributed by atoms with Gasteiger partial charge in [-0.25, -0.2) is 9.78 Å². The smallest absolute Gasteiger partial charge is 0.320 e. The van der Waals surface area contributed by atoms with Gasteiger partial charge >= 0.3 is 6.03 Å². The van der Waals surface area contributed by atoms with E-state index in [4.69, 9.17) is 4.74 Å². The highest BCUT2D eigenvalue weighted by Gasteiger charge is 2.31. The minimum Gasteiger partial charge on any atom is -0.491 e. The molecular weight excluding hydrogens is 388 g/mol. The molecule has 2 atom stereocenters. The lowest BCUT2D eigenvalue weighted by atomic mass is 9.94. The van der Waals surface area contributed by atoms with Crippen LogP contribution in [0, 0.1) is 12.8 Å². The van der Waals surface area contributed by atoms with Crippen LogP contribution in [0.25, 0.3) is 22.2 Å². The van der Waals surface area contributed by atoms with Gasteiger partial charge in [0.1, 0.15) is 18.2 Å². The summed E-state index contributed by atoms with van der Waals surface area (Å²) >= 11 is 0. The van der Waals surface area contributed by atoms with E-state index in [-0.39, 0.29) is 12.1 Å². The summed E-state index contributed by atoms with van der Waals surface area (Å²) in [6.45, 7) is 8.96. The number of H-pyrrole nitrogens is 1. The first kappa shape index (κ1) is 19.9. The van der Waals surface area contributed by atoms with Gasteiger partial charge in [0.05, 0.1) is 24.1 Å².